The molecule has 0 aliphatic carbocycles. The molecule has 108 valence electrons. The number of nitrogens with zero attached hydrogens (tertiary/aromatic N) is 1. The lowest BCUT2D eigenvalue weighted by Crippen LogP contribution is -2.17. The average molecular weight is 349 g/mol. The van der Waals surface area contributed by atoms with E-state index in [1.165, 1.54) is 18.3 Å². The van der Waals surface area contributed by atoms with Gasteiger partial charge < -0.3 is 9.84 Å². The molecule has 0 radical (unpaired) electrons. The van der Waals surface area contributed by atoms with E-state index in [4.69, 9.17) is 4.74 Å². The summed E-state index contributed by atoms with van der Waals surface area (Å²) in [4.78, 5) is 11.8. The summed E-state index contributed by atoms with van der Waals surface area (Å²) in [5.74, 6) is 0.114. The van der Waals surface area contributed by atoms with E-state index in [2.05, 4.69) is 26.5 Å². The third kappa shape index (κ3) is 3.82. The Morgan fingerprint density at radius 1 is 1.33 bits per heavy atom. The van der Waals surface area contributed by atoms with Crippen molar-refractivity contribution in [2.75, 3.05) is 7.11 Å². The molecule has 0 spiro atoms. The molecule has 0 fully saturated rings. The van der Waals surface area contributed by atoms with Gasteiger partial charge in [0.1, 0.15) is 11.5 Å². The molecule has 5 nitrogen and oxygen atoms in total. The van der Waals surface area contributed by atoms with Crippen LogP contribution >= 0.6 is 15.9 Å². The number of hydrogen-bond acceptors (Lipinski definition) is 4. The molecular weight excluding hydrogens is 336 g/mol. The van der Waals surface area contributed by atoms with Crippen LogP contribution in [0.2, 0.25) is 0 Å². The summed E-state index contributed by atoms with van der Waals surface area (Å²) in [7, 11) is 1.57. The highest BCUT2D eigenvalue weighted by molar-refractivity contribution is 9.10. The molecule has 0 heterocycles. The number of nitrogens with one attached hydrogen (secondary N) is 1. The molecule has 0 aliphatic heterocycles. The van der Waals surface area contributed by atoms with E-state index in [0.29, 0.717) is 5.75 Å². The summed E-state index contributed by atoms with van der Waals surface area (Å²) in [6.07, 6.45) is 1.49. The first-order valence-corrected chi connectivity index (χ1v) is 6.86. The number of phenols is 1. The van der Waals surface area contributed by atoms with Gasteiger partial charge in [0, 0.05) is 10.0 Å². The quantitative estimate of drug-likeness (QED) is 0.659. The van der Waals surface area contributed by atoms with Crippen molar-refractivity contribution in [2.45, 2.75) is 0 Å². The molecular formula is C15H13BrN2O3. The van der Waals surface area contributed by atoms with Gasteiger partial charge in [-0.05, 0) is 30.3 Å². The van der Waals surface area contributed by atoms with Crippen LogP contribution in [0.25, 0.3) is 0 Å². The number of phenolic OH excluding ortho intramolecular Hbond substituents is 1. The molecule has 2 N–H and O–H groups in total. The molecule has 0 saturated carbocycles. The van der Waals surface area contributed by atoms with Crippen molar-refractivity contribution in [1.29, 1.82) is 0 Å². The second-order valence-corrected chi connectivity index (χ2v) is 4.96. The fourth-order valence-electron chi connectivity index (χ4n) is 1.63. The Balaban J connectivity index is 2.09. The van der Waals surface area contributed by atoms with Gasteiger partial charge in [0.2, 0.25) is 0 Å². The Labute approximate surface area is 130 Å². The normalized spacial score (nSPS) is 10.6. The zero-order valence-electron chi connectivity index (χ0n) is 11.2. The number of amides is 1. The van der Waals surface area contributed by atoms with Crippen LogP contribution in [0.1, 0.15) is 15.9 Å². The number of ether oxygens (including phenoxy) is 1. The number of benzene rings is 2. The Morgan fingerprint density at radius 3 is 2.81 bits per heavy atom. The van der Waals surface area contributed by atoms with Gasteiger partial charge in [-0.25, -0.2) is 5.43 Å². The number of aromatic hydroxyl groups is 1. The maximum atomic E-state index is 11.8. The van der Waals surface area contributed by atoms with Crippen LogP contribution in [-0.2, 0) is 0 Å². The molecule has 0 saturated heterocycles. The number of rotatable bonds is 4. The van der Waals surface area contributed by atoms with E-state index in [-0.39, 0.29) is 11.3 Å². The van der Waals surface area contributed by atoms with Gasteiger partial charge in [-0.15, -0.1) is 0 Å². The lowest BCUT2D eigenvalue weighted by molar-refractivity contribution is 0.0952. The molecule has 1 amide bonds. The van der Waals surface area contributed by atoms with E-state index in [9.17, 15) is 9.90 Å². The molecule has 0 atom stereocenters. The van der Waals surface area contributed by atoms with Crippen molar-refractivity contribution < 1.29 is 14.6 Å². The maximum absolute atomic E-state index is 11.8. The summed E-state index contributed by atoms with van der Waals surface area (Å²) >= 11 is 3.38. The van der Waals surface area contributed by atoms with Crippen molar-refractivity contribution in [3.05, 3.63) is 58.1 Å². The minimum absolute atomic E-state index is 0.0900. The number of hydrazone groups is 1. The first-order valence-electron chi connectivity index (χ1n) is 6.06. The lowest BCUT2D eigenvalue weighted by Gasteiger charge is -2.04. The average Bonchev–Trinajstić information content (AvgIpc) is 2.49. The van der Waals surface area contributed by atoms with Gasteiger partial charge >= 0.3 is 0 Å². The van der Waals surface area contributed by atoms with Crippen LogP contribution in [0.15, 0.2) is 52.0 Å². The molecule has 6 heteroatoms. The molecule has 2 rings (SSSR count). The Bertz CT molecular complexity index is 686. The van der Waals surface area contributed by atoms with Crippen molar-refractivity contribution >= 4 is 28.1 Å². The van der Waals surface area contributed by atoms with Gasteiger partial charge in [0.25, 0.3) is 5.91 Å². The van der Waals surface area contributed by atoms with Crippen LogP contribution < -0.4 is 10.2 Å². The van der Waals surface area contributed by atoms with Crippen LogP contribution in [0.5, 0.6) is 11.5 Å². The lowest BCUT2D eigenvalue weighted by atomic mass is 10.2. The number of hydrogen-bond donors (Lipinski definition) is 2. The van der Waals surface area contributed by atoms with E-state index in [0.717, 1.165) is 10.0 Å². The van der Waals surface area contributed by atoms with Crippen molar-refractivity contribution in [2.24, 2.45) is 5.10 Å². The van der Waals surface area contributed by atoms with Crippen LogP contribution in [0.3, 0.4) is 0 Å². The Hall–Kier alpha value is -2.34. The van der Waals surface area contributed by atoms with Crippen LogP contribution in [0, 0.1) is 0 Å². The largest absolute Gasteiger partial charge is 0.507 e. The highest BCUT2D eigenvalue weighted by atomic mass is 79.9. The SMILES string of the molecule is COc1ccc(Br)c(/C=N/NC(=O)c2ccccc2O)c1. The third-order valence-electron chi connectivity index (χ3n) is 2.72. The molecule has 2 aromatic rings. The minimum Gasteiger partial charge on any atom is -0.507 e. The number of methoxy groups -OCH3 is 1. The zero-order valence-corrected chi connectivity index (χ0v) is 12.8. The van der Waals surface area contributed by atoms with Crippen molar-refractivity contribution in [1.82, 2.24) is 5.43 Å². The second-order valence-electron chi connectivity index (χ2n) is 4.10. The number of para-hydroxylation sites is 1. The highest BCUT2D eigenvalue weighted by Gasteiger charge is 2.08. The summed E-state index contributed by atoms with van der Waals surface area (Å²) in [6.45, 7) is 0. The van der Waals surface area contributed by atoms with Gasteiger partial charge in [-0.3, -0.25) is 4.79 Å². The first kappa shape index (κ1) is 15.1. The highest BCUT2D eigenvalue weighted by Crippen LogP contribution is 2.21. The third-order valence-corrected chi connectivity index (χ3v) is 3.44. The van der Waals surface area contributed by atoms with Gasteiger partial charge in [0.15, 0.2) is 0 Å². The van der Waals surface area contributed by atoms with Gasteiger partial charge in [-0.1, -0.05) is 28.1 Å². The Kier molecular flexibility index (Phi) is 4.94. The summed E-state index contributed by atoms with van der Waals surface area (Å²) in [6, 6.07) is 11.7. The number of halogens is 1. The van der Waals surface area contributed by atoms with Crippen LogP contribution in [0.4, 0.5) is 0 Å². The van der Waals surface area contributed by atoms with Gasteiger partial charge in [0.05, 0.1) is 18.9 Å². The van der Waals surface area contributed by atoms with Crippen LogP contribution in [-0.4, -0.2) is 24.3 Å². The minimum atomic E-state index is -0.483. The molecule has 0 unspecified atom stereocenters. The second kappa shape index (κ2) is 6.90. The number of carbonyl (C=O) groups is 1. The number of carbonyl (C=O) groups excluding carboxylic acids is 1. The summed E-state index contributed by atoms with van der Waals surface area (Å²) in [5.41, 5.74) is 3.28. The fraction of sp³-hybridized carbons (Fsp3) is 0.0667. The monoisotopic (exact) mass is 348 g/mol. The smallest absolute Gasteiger partial charge is 0.275 e. The summed E-state index contributed by atoms with van der Waals surface area (Å²) in [5, 5.41) is 13.4. The zero-order chi connectivity index (χ0) is 15.2. The van der Waals surface area contributed by atoms with E-state index in [1.807, 2.05) is 12.1 Å². The van der Waals surface area contributed by atoms with E-state index < -0.39 is 5.91 Å². The molecule has 2 aromatic carbocycles. The maximum Gasteiger partial charge on any atom is 0.275 e. The topological polar surface area (TPSA) is 70.9 Å². The predicted molar refractivity (Wildman–Crippen MR) is 83.9 cm³/mol. The summed E-state index contributed by atoms with van der Waals surface area (Å²) < 4.78 is 5.94. The fourth-order valence-corrected chi connectivity index (χ4v) is 1.98. The van der Waals surface area contributed by atoms with E-state index in [1.54, 1.807) is 25.3 Å². The van der Waals surface area contributed by atoms with E-state index >= 15 is 0 Å². The molecule has 0 aliphatic rings. The van der Waals surface area contributed by atoms with Crippen molar-refractivity contribution in [3.8, 4) is 11.5 Å². The van der Waals surface area contributed by atoms with Crippen molar-refractivity contribution in [3.63, 3.8) is 0 Å². The van der Waals surface area contributed by atoms with Gasteiger partial charge in [-0.2, -0.15) is 5.10 Å². The first-order chi connectivity index (χ1) is 10.1. The standard InChI is InChI=1S/C15H13BrN2O3/c1-21-11-6-7-13(16)10(8-11)9-17-18-15(20)12-4-2-3-5-14(12)19/h2-9,19H,1H3,(H,18,20)/b17-9+. The molecule has 0 bridgehead atoms. The molecule has 21 heavy (non-hydrogen) atoms. The molecule has 0 aromatic heterocycles. The predicted octanol–water partition coefficient (Wildman–Crippen LogP) is 2.93. The Morgan fingerprint density at radius 2 is 2.10 bits per heavy atom.